The van der Waals surface area contributed by atoms with Crippen molar-refractivity contribution in [2.24, 2.45) is 0 Å². The van der Waals surface area contributed by atoms with Crippen LogP contribution in [0.25, 0.3) is 0 Å². The van der Waals surface area contributed by atoms with E-state index in [9.17, 15) is 0 Å². The van der Waals surface area contributed by atoms with Crippen LogP contribution < -0.4 is 0 Å². The van der Waals surface area contributed by atoms with Crippen LogP contribution in [0.1, 0.15) is 12.0 Å². The van der Waals surface area contributed by atoms with Crippen molar-refractivity contribution in [2.75, 3.05) is 0 Å². The Kier molecular flexibility index (Phi) is 3.87. The summed E-state index contributed by atoms with van der Waals surface area (Å²) in [6.45, 7) is 0. The first-order chi connectivity index (χ1) is 4.93. The van der Waals surface area contributed by atoms with Crippen LogP contribution in [-0.2, 0) is 6.42 Å². The van der Waals surface area contributed by atoms with Gasteiger partial charge >= 0.3 is 75.5 Å². The molecule has 0 atom stereocenters. The topological polar surface area (TPSA) is 0 Å². The summed E-state index contributed by atoms with van der Waals surface area (Å²) in [7, 11) is 0. The van der Waals surface area contributed by atoms with E-state index >= 15 is 0 Å². The first kappa shape index (κ1) is 8.11. The molecule has 0 aliphatic heterocycles. The molecule has 0 aromatic heterocycles. The average Bonchev–Trinajstić information content (AvgIpc) is 2.03. The summed E-state index contributed by atoms with van der Waals surface area (Å²) in [5.74, 6) is 0. The second-order valence-electron chi connectivity index (χ2n) is 2.31. The number of hydrogen-bond acceptors (Lipinski definition) is 0. The molecule has 0 saturated carbocycles. The van der Waals surface area contributed by atoms with Gasteiger partial charge in [0.25, 0.3) is 0 Å². The van der Waals surface area contributed by atoms with E-state index in [0.29, 0.717) is 0 Å². The minimum atomic E-state index is 1.25. The zero-order chi connectivity index (χ0) is 7.23. The van der Waals surface area contributed by atoms with E-state index in [2.05, 4.69) is 30.3 Å². The molecule has 0 nitrogen and oxygen atoms in total. The predicted molar refractivity (Wildman–Crippen MR) is 46.7 cm³/mol. The zero-order valence-electron chi connectivity index (χ0n) is 5.96. The van der Waals surface area contributed by atoms with E-state index in [-0.39, 0.29) is 0 Å². The maximum atomic E-state index is 2.20. The molecular formula is C9H12Te. The van der Waals surface area contributed by atoms with Crippen molar-refractivity contribution in [3.63, 3.8) is 0 Å². The second kappa shape index (κ2) is 4.77. The second-order valence-corrected chi connectivity index (χ2v) is 3.59. The molecule has 1 aromatic carbocycles. The normalized spacial score (nSPS) is 9.70. The van der Waals surface area contributed by atoms with Gasteiger partial charge in [0.1, 0.15) is 0 Å². The number of hydrogen-bond donors (Lipinski definition) is 0. The number of aryl methyl sites for hydroxylation is 1. The molecular weight excluding hydrogens is 236 g/mol. The van der Waals surface area contributed by atoms with Crippen molar-refractivity contribution in [1.29, 1.82) is 0 Å². The van der Waals surface area contributed by atoms with Crippen LogP contribution in [0, 0.1) is 0 Å². The Morgan fingerprint density at radius 3 is 2.40 bits per heavy atom. The van der Waals surface area contributed by atoms with Gasteiger partial charge in [-0.3, -0.25) is 0 Å². The summed E-state index contributed by atoms with van der Waals surface area (Å²) in [4.78, 5) is 0. The molecule has 0 fully saturated rings. The Hall–Kier alpha value is 0.00961. The van der Waals surface area contributed by atoms with E-state index < -0.39 is 0 Å². The van der Waals surface area contributed by atoms with Gasteiger partial charge < -0.3 is 0 Å². The molecule has 10 heavy (non-hydrogen) atoms. The Bertz CT molecular complexity index is 169. The molecule has 1 heteroatoms. The van der Waals surface area contributed by atoms with Crippen LogP contribution in [0.2, 0.25) is 4.47 Å². The molecule has 0 unspecified atom stereocenters. The molecule has 0 aliphatic carbocycles. The minimum absolute atomic E-state index is 1.25. The Labute approximate surface area is 75.6 Å². The van der Waals surface area contributed by atoms with Gasteiger partial charge in [0, 0.05) is 0 Å². The standard InChI is InChI=1S/C9H12Te/c10-8-4-7-9-5-2-1-3-6-9/h1-3,5-6,10H,4,7-8H2. The fraction of sp³-hybridized carbons (Fsp3) is 0.333. The van der Waals surface area contributed by atoms with E-state index in [0.717, 1.165) is 0 Å². The van der Waals surface area contributed by atoms with Crippen LogP contribution in [0.15, 0.2) is 30.3 Å². The summed E-state index contributed by atoms with van der Waals surface area (Å²) in [5, 5.41) is 0. The Balaban J connectivity index is 2.43. The monoisotopic (exact) mass is 250 g/mol. The van der Waals surface area contributed by atoms with Gasteiger partial charge in [-0.25, -0.2) is 0 Å². The molecule has 1 aromatic rings. The molecule has 0 N–H and O–H groups in total. The molecule has 0 spiro atoms. The quantitative estimate of drug-likeness (QED) is 0.717. The van der Waals surface area contributed by atoms with E-state index in [1.54, 1.807) is 0 Å². The maximum absolute atomic E-state index is 2.20. The van der Waals surface area contributed by atoms with E-state index in [4.69, 9.17) is 0 Å². The summed E-state index contributed by atoms with van der Waals surface area (Å²) < 4.78 is 1.34. The first-order valence-electron chi connectivity index (χ1n) is 3.58. The van der Waals surface area contributed by atoms with Gasteiger partial charge in [-0.15, -0.1) is 0 Å². The summed E-state index contributed by atoms with van der Waals surface area (Å²) >= 11 is 1.91. The third kappa shape index (κ3) is 2.73. The Morgan fingerprint density at radius 2 is 1.80 bits per heavy atom. The zero-order valence-corrected chi connectivity index (χ0v) is 8.51. The summed E-state index contributed by atoms with van der Waals surface area (Å²) in [6.07, 6.45) is 2.58. The summed E-state index contributed by atoms with van der Waals surface area (Å²) in [5.41, 5.74) is 1.47. The van der Waals surface area contributed by atoms with Crippen LogP contribution in [0.3, 0.4) is 0 Å². The SMILES string of the molecule is [TeH]CCCc1ccccc1. The van der Waals surface area contributed by atoms with Crippen LogP contribution in [0.4, 0.5) is 0 Å². The molecule has 0 bridgehead atoms. The van der Waals surface area contributed by atoms with Gasteiger partial charge in [0.15, 0.2) is 0 Å². The third-order valence-electron chi connectivity index (χ3n) is 1.47. The van der Waals surface area contributed by atoms with E-state index in [1.807, 2.05) is 22.3 Å². The van der Waals surface area contributed by atoms with Gasteiger partial charge in [0.2, 0.25) is 0 Å². The average molecular weight is 248 g/mol. The number of benzene rings is 1. The Morgan fingerprint density at radius 1 is 1.10 bits per heavy atom. The van der Waals surface area contributed by atoms with Gasteiger partial charge in [-0.2, -0.15) is 0 Å². The van der Waals surface area contributed by atoms with Crippen molar-refractivity contribution in [2.45, 2.75) is 17.3 Å². The molecule has 0 amide bonds. The van der Waals surface area contributed by atoms with Gasteiger partial charge in [0.05, 0.1) is 0 Å². The molecule has 0 aliphatic rings. The fourth-order valence-electron chi connectivity index (χ4n) is 0.928. The summed E-state index contributed by atoms with van der Waals surface area (Å²) in [6, 6.07) is 10.7. The predicted octanol–water partition coefficient (Wildman–Crippen LogP) is 1.94. The van der Waals surface area contributed by atoms with Gasteiger partial charge in [-0.1, -0.05) is 0 Å². The van der Waals surface area contributed by atoms with Gasteiger partial charge in [-0.05, 0) is 0 Å². The molecule has 0 saturated heterocycles. The van der Waals surface area contributed by atoms with Crippen molar-refractivity contribution >= 4 is 22.3 Å². The van der Waals surface area contributed by atoms with Crippen molar-refractivity contribution in [3.8, 4) is 0 Å². The van der Waals surface area contributed by atoms with Crippen molar-refractivity contribution in [3.05, 3.63) is 35.9 Å². The number of rotatable bonds is 3. The van der Waals surface area contributed by atoms with Crippen LogP contribution in [-0.4, -0.2) is 22.3 Å². The fourth-order valence-corrected chi connectivity index (χ4v) is 1.38. The molecule has 54 valence electrons. The first-order valence-corrected chi connectivity index (χ1v) is 5.39. The molecule has 0 heterocycles. The van der Waals surface area contributed by atoms with Crippen LogP contribution in [0.5, 0.6) is 0 Å². The van der Waals surface area contributed by atoms with Crippen LogP contribution >= 0.6 is 0 Å². The van der Waals surface area contributed by atoms with Crippen molar-refractivity contribution in [1.82, 2.24) is 0 Å². The molecule has 0 radical (unpaired) electrons. The van der Waals surface area contributed by atoms with E-state index in [1.165, 1.54) is 22.9 Å². The molecule has 1 rings (SSSR count). The third-order valence-corrected chi connectivity index (χ3v) is 2.37. The van der Waals surface area contributed by atoms with Crippen molar-refractivity contribution < 1.29 is 0 Å².